The lowest BCUT2D eigenvalue weighted by atomic mass is 9.85. The van der Waals surface area contributed by atoms with Gasteiger partial charge in [0.05, 0.1) is 6.04 Å². The number of thiophene rings is 1. The largest absolute Gasteiger partial charge is 0.271 e. The number of rotatable bonds is 5. The fourth-order valence-electron chi connectivity index (χ4n) is 2.72. The third kappa shape index (κ3) is 3.78. The number of nitrogens with two attached hydrogens (primary N) is 1. The molecule has 3 N–H and O–H groups in total. The van der Waals surface area contributed by atoms with Crippen LogP contribution in [0.5, 0.6) is 0 Å². The second kappa shape index (κ2) is 6.88. The molecule has 1 heterocycles. The molecular weight excluding hydrogens is 296 g/mol. The van der Waals surface area contributed by atoms with Gasteiger partial charge in [-0.1, -0.05) is 32.1 Å². The minimum atomic E-state index is 0.311. The van der Waals surface area contributed by atoms with Crippen LogP contribution in [0.1, 0.15) is 55.9 Å². The maximum atomic E-state index is 5.68. The van der Waals surface area contributed by atoms with Gasteiger partial charge in [-0.2, -0.15) is 0 Å². The van der Waals surface area contributed by atoms with Crippen molar-refractivity contribution in [2.45, 2.75) is 51.0 Å². The first kappa shape index (κ1) is 13.5. The van der Waals surface area contributed by atoms with Crippen LogP contribution in [0.3, 0.4) is 0 Å². The highest BCUT2D eigenvalue weighted by molar-refractivity contribution is 9.10. The highest BCUT2D eigenvalue weighted by Crippen LogP contribution is 2.34. The molecule has 2 rings (SSSR count). The van der Waals surface area contributed by atoms with Crippen LogP contribution < -0.4 is 11.3 Å². The van der Waals surface area contributed by atoms with Crippen LogP contribution in [-0.2, 0) is 0 Å². The van der Waals surface area contributed by atoms with E-state index in [9.17, 15) is 0 Å². The summed E-state index contributed by atoms with van der Waals surface area (Å²) in [4.78, 5) is 1.34. The molecule has 0 bridgehead atoms. The Hall–Kier alpha value is 0.100. The molecule has 2 nitrogen and oxygen atoms in total. The Morgan fingerprint density at radius 1 is 1.41 bits per heavy atom. The van der Waals surface area contributed by atoms with Gasteiger partial charge in [-0.05, 0) is 46.1 Å². The Kier molecular flexibility index (Phi) is 5.48. The molecule has 1 atom stereocenters. The van der Waals surface area contributed by atoms with Crippen LogP contribution >= 0.6 is 27.3 Å². The van der Waals surface area contributed by atoms with Crippen molar-refractivity contribution in [2.75, 3.05) is 0 Å². The molecule has 0 saturated heterocycles. The molecule has 1 saturated carbocycles. The van der Waals surface area contributed by atoms with E-state index in [0.29, 0.717) is 6.04 Å². The summed E-state index contributed by atoms with van der Waals surface area (Å²) in [7, 11) is 0. The van der Waals surface area contributed by atoms with E-state index in [1.807, 2.05) is 0 Å². The molecular formula is C13H21BrN2S. The van der Waals surface area contributed by atoms with E-state index in [2.05, 4.69) is 32.8 Å². The van der Waals surface area contributed by atoms with Crippen LogP contribution in [0, 0.1) is 5.92 Å². The predicted octanol–water partition coefficient (Wildman–Crippen LogP) is 4.38. The zero-order valence-corrected chi connectivity index (χ0v) is 12.5. The summed E-state index contributed by atoms with van der Waals surface area (Å²) in [6, 6.07) is 2.41. The van der Waals surface area contributed by atoms with Crippen molar-refractivity contribution < 1.29 is 0 Å². The fourth-order valence-corrected chi connectivity index (χ4v) is 4.47. The van der Waals surface area contributed by atoms with Gasteiger partial charge in [-0.25, -0.2) is 0 Å². The summed E-state index contributed by atoms with van der Waals surface area (Å²) in [5.74, 6) is 6.61. The van der Waals surface area contributed by atoms with Crippen molar-refractivity contribution in [3.8, 4) is 0 Å². The van der Waals surface area contributed by atoms with Crippen molar-refractivity contribution in [1.29, 1.82) is 0 Å². The molecule has 17 heavy (non-hydrogen) atoms. The average Bonchev–Trinajstić information content (AvgIpc) is 2.78. The van der Waals surface area contributed by atoms with Gasteiger partial charge in [0.15, 0.2) is 0 Å². The second-order valence-corrected chi connectivity index (χ2v) is 6.74. The highest BCUT2D eigenvalue weighted by atomic mass is 79.9. The molecule has 0 spiro atoms. The van der Waals surface area contributed by atoms with Gasteiger partial charge < -0.3 is 0 Å². The van der Waals surface area contributed by atoms with Crippen LogP contribution in [0.2, 0.25) is 0 Å². The van der Waals surface area contributed by atoms with Gasteiger partial charge in [0.25, 0.3) is 0 Å². The lowest BCUT2D eigenvalue weighted by molar-refractivity contribution is 0.315. The first-order valence-electron chi connectivity index (χ1n) is 6.50. The monoisotopic (exact) mass is 316 g/mol. The van der Waals surface area contributed by atoms with Gasteiger partial charge in [-0.15, -0.1) is 11.3 Å². The van der Waals surface area contributed by atoms with E-state index >= 15 is 0 Å². The van der Waals surface area contributed by atoms with E-state index in [1.54, 1.807) is 11.3 Å². The quantitative estimate of drug-likeness (QED) is 0.625. The van der Waals surface area contributed by atoms with E-state index in [0.717, 1.165) is 12.3 Å². The third-order valence-corrected chi connectivity index (χ3v) is 5.74. The molecule has 1 unspecified atom stereocenters. The van der Waals surface area contributed by atoms with E-state index in [-0.39, 0.29) is 0 Å². The standard InChI is InChI=1S/C13H21BrN2S/c14-11-8-9-17-13(11)12(16-15)7-6-10-4-2-1-3-5-10/h8-10,12,16H,1-7,15H2. The van der Waals surface area contributed by atoms with Crippen molar-refractivity contribution in [1.82, 2.24) is 5.43 Å². The highest BCUT2D eigenvalue weighted by Gasteiger charge is 2.18. The summed E-state index contributed by atoms with van der Waals surface area (Å²) >= 11 is 5.37. The molecule has 96 valence electrons. The Balaban J connectivity index is 1.85. The molecule has 4 heteroatoms. The van der Waals surface area contributed by atoms with Gasteiger partial charge in [0.1, 0.15) is 0 Å². The average molecular weight is 317 g/mol. The number of nitrogens with one attached hydrogen (secondary N) is 1. The van der Waals surface area contributed by atoms with Crippen molar-refractivity contribution in [3.05, 3.63) is 20.8 Å². The van der Waals surface area contributed by atoms with Crippen molar-refractivity contribution in [2.24, 2.45) is 11.8 Å². The van der Waals surface area contributed by atoms with E-state index < -0.39 is 0 Å². The third-order valence-electron chi connectivity index (χ3n) is 3.75. The molecule has 1 aliphatic carbocycles. The van der Waals surface area contributed by atoms with Gasteiger partial charge in [0, 0.05) is 9.35 Å². The van der Waals surface area contributed by atoms with E-state index in [1.165, 1.54) is 47.9 Å². The molecule has 1 fully saturated rings. The summed E-state index contributed by atoms with van der Waals surface area (Å²) in [6.07, 6.45) is 9.58. The summed E-state index contributed by atoms with van der Waals surface area (Å²) in [6.45, 7) is 0. The fraction of sp³-hybridized carbons (Fsp3) is 0.692. The van der Waals surface area contributed by atoms with Crippen LogP contribution in [0.4, 0.5) is 0 Å². The van der Waals surface area contributed by atoms with Crippen molar-refractivity contribution >= 4 is 27.3 Å². The number of hydrogen-bond donors (Lipinski definition) is 2. The Bertz CT molecular complexity index is 334. The normalized spacial score (nSPS) is 19.4. The number of halogens is 1. The number of hydrazine groups is 1. The smallest absolute Gasteiger partial charge is 0.0564 e. The summed E-state index contributed by atoms with van der Waals surface area (Å²) in [5.41, 5.74) is 2.97. The minimum Gasteiger partial charge on any atom is -0.271 e. The minimum absolute atomic E-state index is 0.311. The zero-order valence-electron chi connectivity index (χ0n) is 10.1. The SMILES string of the molecule is NNC(CCC1CCCCC1)c1sccc1Br. The van der Waals surface area contributed by atoms with Crippen molar-refractivity contribution in [3.63, 3.8) is 0 Å². The lowest BCUT2D eigenvalue weighted by Gasteiger charge is -2.23. The molecule has 1 aromatic rings. The van der Waals surface area contributed by atoms with Crippen LogP contribution in [-0.4, -0.2) is 0 Å². The first-order chi connectivity index (χ1) is 8.31. The Morgan fingerprint density at radius 3 is 2.76 bits per heavy atom. The molecule has 0 aromatic carbocycles. The van der Waals surface area contributed by atoms with E-state index in [4.69, 9.17) is 5.84 Å². The lowest BCUT2D eigenvalue weighted by Crippen LogP contribution is -2.28. The maximum absolute atomic E-state index is 5.68. The number of hydrogen-bond acceptors (Lipinski definition) is 3. The van der Waals surface area contributed by atoms with Crippen LogP contribution in [0.25, 0.3) is 0 Å². The molecule has 0 amide bonds. The molecule has 0 aliphatic heterocycles. The molecule has 0 radical (unpaired) electrons. The maximum Gasteiger partial charge on any atom is 0.0564 e. The molecule has 1 aliphatic rings. The Labute approximate surface area is 116 Å². The summed E-state index contributed by atoms with van der Waals surface area (Å²) < 4.78 is 1.19. The molecule has 1 aromatic heterocycles. The summed E-state index contributed by atoms with van der Waals surface area (Å²) in [5, 5.41) is 2.12. The second-order valence-electron chi connectivity index (χ2n) is 4.93. The van der Waals surface area contributed by atoms with Gasteiger partial charge >= 0.3 is 0 Å². The van der Waals surface area contributed by atoms with Gasteiger partial charge in [0.2, 0.25) is 0 Å². The predicted molar refractivity (Wildman–Crippen MR) is 77.9 cm³/mol. The van der Waals surface area contributed by atoms with Crippen LogP contribution in [0.15, 0.2) is 15.9 Å². The Morgan fingerprint density at radius 2 is 2.18 bits per heavy atom. The first-order valence-corrected chi connectivity index (χ1v) is 8.17. The van der Waals surface area contributed by atoms with Gasteiger partial charge in [-0.3, -0.25) is 11.3 Å². The topological polar surface area (TPSA) is 38.0 Å². The zero-order chi connectivity index (χ0) is 12.1.